The van der Waals surface area contributed by atoms with Crippen LogP contribution < -0.4 is 4.74 Å². The van der Waals surface area contributed by atoms with Crippen LogP contribution in [0, 0.1) is 6.92 Å². The lowest BCUT2D eigenvalue weighted by molar-refractivity contribution is -0.138. The van der Waals surface area contributed by atoms with Crippen molar-refractivity contribution in [3.63, 3.8) is 0 Å². The van der Waals surface area contributed by atoms with Gasteiger partial charge in [0.25, 0.3) is 0 Å². The number of benzene rings is 2. The number of nitrogens with zero attached hydrogens (tertiary/aromatic N) is 2. The van der Waals surface area contributed by atoms with Gasteiger partial charge in [-0.15, -0.1) is 11.3 Å². The number of hydrogen-bond acceptors (Lipinski definition) is 4. The summed E-state index contributed by atoms with van der Waals surface area (Å²) in [4.78, 5) is 16.8. The summed E-state index contributed by atoms with van der Waals surface area (Å²) >= 11 is 1.44. The van der Waals surface area contributed by atoms with Gasteiger partial charge in [0.2, 0.25) is 0 Å². The molecule has 4 aromatic rings. The van der Waals surface area contributed by atoms with Crippen molar-refractivity contribution in [2.24, 2.45) is 0 Å². The lowest BCUT2D eigenvalue weighted by atomic mass is 10.1. The number of aryl methyl sites for hydroxylation is 2. The smallest absolute Gasteiger partial charge is 0.416 e. The summed E-state index contributed by atoms with van der Waals surface area (Å²) in [6.07, 6.45) is -0.0348. The Bertz CT molecular complexity index is 1340. The van der Waals surface area contributed by atoms with E-state index in [1.54, 1.807) is 4.57 Å². The number of thiazole rings is 1. The molecule has 0 radical (unpaired) electrons. The molecule has 2 heterocycles. The monoisotopic (exact) mass is 502 g/mol. The van der Waals surface area contributed by atoms with Gasteiger partial charge in [-0.05, 0) is 43.2 Å². The zero-order valence-corrected chi connectivity index (χ0v) is 20.2. The Balaban J connectivity index is 1.46. The van der Waals surface area contributed by atoms with E-state index in [1.165, 1.54) is 23.5 Å². The molecule has 2 aromatic heterocycles. The standard InChI is InChI=1S/C26H25F3N2O3S/c1-3-4-18-14-31(15-24(32)33)22-13-20(9-10-21(18)22)34-12-11-23-16(2)30-25(35-23)17-5-7-19(8-6-17)26(27,28)29/h5-10,13-14H,3-4,11-12,15H2,1-2H3,(H,32,33). The van der Waals surface area contributed by atoms with Crippen molar-refractivity contribution >= 4 is 28.2 Å². The number of alkyl halides is 3. The van der Waals surface area contributed by atoms with E-state index in [4.69, 9.17) is 4.74 Å². The fraction of sp³-hybridized carbons (Fsp3) is 0.308. The molecule has 5 nitrogen and oxygen atoms in total. The molecule has 184 valence electrons. The molecule has 0 saturated heterocycles. The lowest BCUT2D eigenvalue weighted by Gasteiger charge is -2.08. The van der Waals surface area contributed by atoms with Crippen molar-refractivity contribution < 1.29 is 27.8 Å². The summed E-state index contributed by atoms with van der Waals surface area (Å²) in [6.45, 7) is 4.24. The Morgan fingerprint density at radius 2 is 1.89 bits per heavy atom. The Labute approximate surface area is 204 Å². The van der Waals surface area contributed by atoms with Gasteiger partial charge in [0.1, 0.15) is 17.3 Å². The molecule has 0 amide bonds. The summed E-state index contributed by atoms with van der Waals surface area (Å²) in [5, 5.41) is 11.0. The molecule has 0 bridgehead atoms. The largest absolute Gasteiger partial charge is 0.493 e. The number of carbonyl (C=O) groups is 1. The van der Waals surface area contributed by atoms with Crippen LogP contribution in [0.4, 0.5) is 13.2 Å². The van der Waals surface area contributed by atoms with Crippen molar-refractivity contribution in [3.8, 4) is 16.3 Å². The van der Waals surface area contributed by atoms with Crippen LogP contribution in [0.1, 0.15) is 35.0 Å². The van der Waals surface area contributed by atoms with E-state index >= 15 is 0 Å². The zero-order valence-electron chi connectivity index (χ0n) is 19.4. The van der Waals surface area contributed by atoms with E-state index in [2.05, 4.69) is 11.9 Å². The second-order valence-corrected chi connectivity index (χ2v) is 9.39. The molecule has 0 unspecified atom stereocenters. The molecule has 0 fully saturated rings. The first-order valence-electron chi connectivity index (χ1n) is 11.3. The Kier molecular flexibility index (Phi) is 7.16. The van der Waals surface area contributed by atoms with Crippen LogP contribution in [0.2, 0.25) is 0 Å². The molecule has 9 heteroatoms. The molecule has 1 N–H and O–H groups in total. The van der Waals surface area contributed by atoms with Crippen molar-refractivity contribution in [1.82, 2.24) is 9.55 Å². The highest BCUT2D eigenvalue weighted by molar-refractivity contribution is 7.15. The van der Waals surface area contributed by atoms with Crippen molar-refractivity contribution in [2.45, 2.75) is 45.8 Å². The maximum atomic E-state index is 12.8. The fourth-order valence-corrected chi connectivity index (χ4v) is 5.08. The molecule has 0 aliphatic heterocycles. The molecule has 35 heavy (non-hydrogen) atoms. The number of ether oxygens (including phenoxy) is 1. The van der Waals surface area contributed by atoms with Crippen molar-refractivity contribution in [3.05, 3.63) is 70.4 Å². The summed E-state index contributed by atoms with van der Waals surface area (Å²) in [6, 6.07) is 10.7. The minimum Gasteiger partial charge on any atom is -0.493 e. The Hall–Kier alpha value is -3.33. The van der Waals surface area contributed by atoms with E-state index in [-0.39, 0.29) is 6.54 Å². The van der Waals surface area contributed by atoms with Crippen molar-refractivity contribution in [2.75, 3.05) is 6.61 Å². The number of carboxylic acid groups (broad SMARTS) is 1. The molecule has 0 saturated carbocycles. The second kappa shape index (κ2) is 10.1. The maximum absolute atomic E-state index is 12.8. The van der Waals surface area contributed by atoms with Crippen LogP contribution in [-0.4, -0.2) is 27.2 Å². The van der Waals surface area contributed by atoms with Crippen molar-refractivity contribution in [1.29, 1.82) is 0 Å². The van der Waals surface area contributed by atoms with Gasteiger partial charge >= 0.3 is 12.1 Å². The van der Waals surface area contributed by atoms with Gasteiger partial charge in [-0.3, -0.25) is 4.79 Å². The van der Waals surface area contributed by atoms with Crippen LogP contribution in [0.15, 0.2) is 48.7 Å². The van der Waals surface area contributed by atoms with Gasteiger partial charge in [0.05, 0.1) is 23.4 Å². The molecular weight excluding hydrogens is 477 g/mol. The second-order valence-electron chi connectivity index (χ2n) is 8.31. The van der Waals surface area contributed by atoms with Gasteiger partial charge in [-0.1, -0.05) is 25.5 Å². The number of hydrogen-bond donors (Lipinski definition) is 1. The van der Waals surface area contributed by atoms with E-state index in [0.29, 0.717) is 29.3 Å². The van der Waals surface area contributed by atoms with Gasteiger partial charge < -0.3 is 14.4 Å². The molecular formula is C26H25F3N2O3S. The molecule has 4 rings (SSSR count). The van der Waals surface area contributed by atoms with E-state index in [1.807, 2.05) is 31.3 Å². The predicted molar refractivity (Wildman–Crippen MR) is 130 cm³/mol. The average molecular weight is 503 g/mol. The molecule has 0 spiro atoms. The van der Waals surface area contributed by atoms with E-state index in [0.717, 1.165) is 52.0 Å². The third kappa shape index (κ3) is 5.67. The topological polar surface area (TPSA) is 64.4 Å². The lowest BCUT2D eigenvalue weighted by Crippen LogP contribution is -2.07. The first kappa shape index (κ1) is 24.8. The van der Waals surface area contributed by atoms with E-state index < -0.39 is 17.7 Å². The van der Waals surface area contributed by atoms with Gasteiger partial charge in [-0.25, -0.2) is 4.98 Å². The van der Waals surface area contributed by atoms with E-state index in [9.17, 15) is 23.1 Å². The number of rotatable bonds is 9. The van der Waals surface area contributed by atoms with Crippen LogP contribution in [0.3, 0.4) is 0 Å². The number of carboxylic acids is 1. The Morgan fingerprint density at radius 3 is 2.54 bits per heavy atom. The highest BCUT2D eigenvalue weighted by Gasteiger charge is 2.30. The van der Waals surface area contributed by atoms with Crippen LogP contribution in [0.25, 0.3) is 21.5 Å². The first-order valence-corrected chi connectivity index (χ1v) is 12.1. The highest BCUT2D eigenvalue weighted by atomic mass is 32.1. The van der Waals surface area contributed by atoms with Crippen LogP contribution in [0.5, 0.6) is 5.75 Å². The number of aromatic nitrogens is 2. The number of fused-ring (bicyclic) bond motifs is 1. The fourth-order valence-electron chi connectivity index (χ4n) is 4.03. The summed E-state index contributed by atoms with van der Waals surface area (Å²) < 4.78 is 46.1. The third-order valence-electron chi connectivity index (χ3n) is 5.71. The molecule has 2 aromatic carbocycles. The SMILES string of the molecule is CCCc1cn(CC(=O)O)c2cc(OCCc3sc(-c4ccc(C(F)(F)F)cc4)nc3C)ccc12. The average Bonchev–Trinajstić information content (AvgIpc) is 3.33. The molecule has 0 aliphatic carbocycles. The summed E-state index contributed by atoms with van der Waals surface area (Å²) in [5.74, 6) is -0.254. The zero-order chi connectivity index (χ0) is 25.2. The maximum Gasteiger partial charge on any atom is 0.416 e. The first-order chi connectivity index (χ1) is 16.7. The summed E-state index contributed by atoms with van der Waals surface area (Å²) in [7, 11) is 0. The van der Waals surface area contributed by atoms with Gasteiger partial charge in [0.15, 0.2) is 0 Å². The number of aliphatic carboxylic acids is 1. The minimum atomic E-state index is -4.37. The molecule has 0 atom stereocenters. The van der Waals surface area contributed by atoms with Crippen LogP contribution in [-0.2, 0) is 30.4 Å². The predicted octanol–water partition coefficient (Wildman–Crippen LogP) is 6.75. The van der Waals surface area contributed by atoms with Gasteiger partial charge in [-0.2, -0.15) is 13.2 Å². The number of halogens is 3. The van der Waals surface area contributed by atoms with Gasteiger partial charge in [0, 0.05) is 34.5 Å². The molecule has 0 aliphatic rings. The highest BCUT2D eigenvalue weighted by Crippen LogP contribution is 2.33. The minimum absolute atomic E-state index is 0.115. The third-order valence-corrected chi connectivity index (χ3v) is 6.98. The summed E-state index contributed by atoms with van der Waals surface area (Å²) in [5.41, 5.74) is 2.73. The Morgan fingerprint density at radius 1 is 1.14 bits per heavy atom. The van der Waals surface area contributed by atoms with Crippen LogP contribution >= 0.6 is 11.3 Å². The normalized spacial score (nSPS) is 11.8. The quantitative estimate of drug-likeness (QED) is 0.275.